The maximum Gasteiger partial charge on any atom is 0.336 e. The van der Waals surface area contributed by atoms with Gasteiger partial charge in [-0.1, -0.05) is 12.1 Å². The van der Waals surface area contributed by atoms with Crippen LogP contribution in [0, 0.1) is 6.92 Å². The molecule has 1 atom stereocenters. The molecule has 0 fully saturated rings. The summed E-state index contributed by atoms with van der Waals surface area (Å²) in [6.45, 7) is 2.84. The highest BCUT2D eigenvalue weighted by atomic mass is 16.5. The predicted molar refractivity (Wildman–Crippen MR) is 122 cm³/mol. The average molecular weight is 474 g/mol. The number of aromatic hydroxyl groups is 1. The molecule has 4 aromatic rings. The standard InChI is InChI=1S/C26H18O9/c1-11-9-18(28)34-24-20(11)23(30)21(12(2)27)25-22(24)15(10-19(29)35-25)17-8-7-16(33-17)13-3-5-14(6-4-13)26(31)32/h3-9,15,30H,10H2,1-2H3,(H,31,32)/t15-/m1/s1. The molecule has 9 heteroatoms. The van der Waals surface area contributed by atoms with E-state index in [2.05, 4.69) is 0 Å². The second kappa shape index (κ2) is 7.98. The summed E-state index contributed by atoms with van der Waals surface area (Å²) in [5.41, 5.74) is 0.549. The number of Topliss-reactive ketones (excluding diaryl/α,β-unsaturated/α-hetero) is 1. The number of carboxylic acid groups (broad SMARTS) is 1. The lowest BCUT2D eigenvalue weighted by molar-refractivity contribution is -0.135. The molecule has 0 aliphatic carbocycles. The highest BCUT2D eigenvalue weighted by Crippen LogP contribution is 2.50. The lowest BCUT2D eigenvalue weighted by atomic mass is 9.85. The third kappa shape index (κ3) is 3.57. The molecule has 1 aliphatic heterocycles. The number of aryl methyl sites for hydroxylation is 1. The number of benzene rings is 2. The number of aromatic carboxylic acids is 1. The number of hydrogen-bond donors (Lipinski definition) is 2. The van der Waals surface area contributed by atoms with Gasteiger partial charge in [0.05, 0.1) is 28.9 Å². The molecule has 35 heavy (non-hydrogen) atoms. The minimum atomic E-state index is -1.05. The highest BCUT2D eigenvalue weighted by Gasteiger charge is 2.38. The second-order valence-corrected chi connectivity index (χ2v) is 8.29. The minimum absolute atomic E-state index is 0.00811. The third-order valence-electron chi connectivity index (χ3n) is 6.02. The summed E-state index contributed by atoms with van der Waals surface area (Å²) in [4.78, 5) is 48.3. The molecule has 0 unspecified atom stereocenters. The van der Waals surface area contributed by atoms with Gasteiger partial charge in [0.2, 0.25) is 0 Å². The van der Waals surface area contributed by atoms with Gasteiger partial charge in [0.25, 0.3) is 0 Å². The van der Waals surface area contributed by atoms with Crippen molar-refractivity contribution in [2.75, 3.05) is 0 Å². The molecule has 0 spiro atoms. The number of phenolic OH excluding ortho intramolecular Hbond substituents is 1. The monoisotopic (exact) mass is 474 g/mol. The minimum Gasteiger partial charge on any atom is -0.506 e. The molecule has 0 saturated heterocycles. The van der Waals surface area contributed by atoms with Gasteiger partial charge in [0, 0.05) is 11.6 Å². The van der Waals surface area contributed by atoms with E-state index in [1.807, 2.05) is 0 Å². The van der Waals surface area contributed by atoms with Crippen LogP contribution in [0.5, 0.6) is 11.5 Å². The van der Waals surface area contributed by atoms with Crippen molar-refractivity contribution >= 4 is 28.7 Å². The second-order valence-electron chi connectivity index (χ2n) is 8.29. The van der Waals surface area contributed by atoms with Crippen molar-refractivity contribution in [1.82, 2.24) is 0 Å². The Balaban J connectivity index is 1.73. The van der Waals surface area contributed by atoms with Crippen LogP contribution in [0.15, 0.2) is 56.1 Å². The maximum atomic E-state index is 12.5. The van der Waals surface area contributed by atoms with E-state index in [1.54, 1.807) is 31.2 Å². The predicted octanol–water partition coefficient (Wildman–Crippen LogP) is 4.41. The average Bonchev–Trinajstić information content (AvgIpc) is 3.28. The zero-order valence-corrected chi connectivity index (χ0v) is 18.6. The highest BCUT2D eigenvalue weighted by molar-refractivity contribution is 6.09. The Morgan fingerprint density at radius 1 is 1.03 bits per heavy atom. The van der Waals surface area contributed by atoms with E-state index < -0.39 is 35.0 Å². The Morgan fingerprint density at radius 2 is 1.74 bits per heavy atom. The molecule has 3 heterocycles. The number of phenols is 1. The summed E-state index contributed by atoms with van der Waals surface area (Å²) in [5, 5.41) is 20.1. The molecular weight excluding hydrogens is 456 g/mol. The molecule has 2 N–H and O–H groups in total. The van der Waals surface area contributed by atoms with E-state index in [1.165, 1.54) is 25.1 Å². The van der Waals surface area contributed by atoms with E-state index in [9.17, 15) is 24.3 Å². The fourth-order valence-electron chi connectivity index (χ4n) is 4.45. The number of ether oxygens (including phenoxy) is 1. The Bertz CT molecular complexity index is 1600. The zero-order valence-electron chi connectivity index (χ0n) is 18.6. The third-order valence-corrected chi connectivity index (χ3v) is 6.02. The van der Waals surface area contributed by atoms with Crippen molar-refractivity contribution < 1.29 is 38.2 Å². The summed E-state index contributed by atoms with van der Waals surface area (Å²) in [6.07, 6.45) is -0.160. The number of fused-ring (bicyclic) bond motifs is 3. The number of hydrogen-bond acceptors (Lipinski definition) is 8. The molecule has 2 aromatic heterocycles. The first kappa shape index (κ1) is 22.1. The number of furan rings is 1. The lowest BCUT2D eigenvalue weighted by Gasteiger charge is -2.26. The van der Waals surface area contributed by atoms with E-state index in [0.29, 0.717) is 22.6 Å². The quantitative estimate of drug-likeness (QED) is 0.190. The van der Waals surface area contributed by atoms with Gasteiger partial charge in [-0.05, 0) is 43.7 Å². The van der Waals surface area contributed by atoms with Crippen molar-refractivity contribution in [1.29, 1.82) is 0 Å². The SMILES string of the molecule is CC(=O)c1c2c(c3oc(=O)cc(C)c3c1O)[C@@H](c1ccc(-c3ccc(C(=O)O)cc3)o1)CC(=O)O2. The summed E-state index contributed by atoms with van der Waals surface area (Å²) in [5.74, 6) is -2.84. The van der Waals surface area contributed by atoms with Crippen LogP contribution < -0.4 is 10.4 Å². The largest absolute Gasteiger partial charge is 0.506 e. The van der Waals surface area contributed by atoms with Crippen LogP contribution >= 0.6 is 0 Å². The molecule has 0 radical (unpaired) electrons. The Hall–Kier alpha value is -4.66. The smallest absolute Gasteiger partial charge is 0.336 e. The van der Waals surface area contributed by atoms with Crippen LogP contribution in [-0.2, 0) is 4.79 Å². The van der Waals surface area contributed by atoms with Crippen molar-refractivity contribution in [3.8, 4) is 22.8 Å². The summed E-state index contributed by atoms with van der Waals surface area (Å²) in [7, 11) is 0. The number of esters is 1. The van der Waals surface area contributed by atoms with Crippen LogP contribution in [0.2, 0.25) is 0 Å². The normalized spacial score (nSPS) is 15.0. The van der Waals surface area contributed by atoms with Crippen LogP contribution in [0.4, 0.5) is 0 Å². The molecule has 5 rings (SSSR count). The number of carboxylic acids is 1. The zero-order chi connectivity index (χ0) is 25.0. The molecule has 176 valence electrons. The molecule has 0 saturated carbocycles. The molecule has 1 aliphatic rings. The summed E-state index contributed by atoms with van der Waals surface area (Å²) < 4.78 is 16.9. The van der Waals surface area contributed by atoms with Crippen LogP contribution in [0.25, 0.3) is 22.3 Å². The molecule has 0 amide bonds. The topological polar surface area (TPSA) is 144 Å². The van der Waals surface area contributed by atoms with E-state index >= 15 is 0 Å². The number of rotatable bonds is 4. The Labute approximate surface area is 197 Å². The first-order valence-corrected chi connectivity index (χ1v) is 10.6. The molecule has 2 aromatic carbocycles. The Kier molecular flexibility index (Phi) is 5.05. The van der Waals surface area contributed by atoms with E-state index in [-0.39, 0.29) is 39.8 Å². The van der Waals surface area contributed by atoms with Gasteiger partial charge >= 0.3 is 17.6 Å². The van der Waals surface area contributed by atoms with Crippen molar-refractivity contribution in [2.24, 2.45) is 0 Å². The van der Waals surface area contributed by atoms with E-state index in [4.69, 9.17) is 18.7 Å². The Morgan fingerprint density at radius 3 is 2.40 bits per heavy atom. The van der Waals surface area contributed by atoms with Crippen molar-refractivity contribution in [3.63, 3.8) is 0 Å². The fraction of sp³-hybridized carbons (Fsp3) is 0.154. The van der Waals surface area contributed by atoms with Crippen molar-refractivity contribution in [3.05, 3.63) is 80.9 Å². The molecule has 9 nitrogen and oxygen atoms in total. The van der Waals surface area contributed by atoms with Crippen LogP contribution in [-0.4, -0.2) is 27.9 Å². The molecular formula is C26H18O9. The van der Waals surface area contributed by atoms with Crippen LogP contribution in [0.1, 0.15) is 56.9 Å². The maximum absolute atomic E-state index is 12.5. The number of ketones is 1. The van der Waals surface area contributed by atoms with Gasteiger partial charge in [-0.25, -0.2) is 9.59 Å². The van der Waals surface area contributed by atoms with Gasteiger partial charge in [-0.15, -0.1) is 0 Å². The van der Waals surface area contributed by atoms with Gasteiger partial charge in [-0.2, -0.15) is 0 Å². The summed E-state index contributed by atoms with van der Waals surface area (Å²) in [6, 6.07) is 10.6. The van der Waals surface area contributed by atoms with Crippen molar-refractivity contribution in [2.45, 2.75) is 26.2 Å². The van der Waals surface area contributed by atoms with Gasteiger partial charge in [0.1, 0.15) is 28.4 Å². The first-order valence-electron chi connectivity index (χ1n) is 10.6. The van der Waals surface area contributed by atoms with Gasteiger partial charge in [0.15, 0.2) is 11.5 Å². The van der Waals surface area contributed by atoms with Crippen LogP contribution in [0.3, 0.4) is 0 Å². The summed E-state index contributed by atoms with van der Waals surface area (Å²) >= 11 is 0. The van der Waals surface area contributed by atoms with E-state index in [0.717, 1.165) is 0 Å². The lowest BCUT2D eigenvalue weighted by Crippen LogP contribution is -2.23. The number of carbonyl (C=O) groups is 3. The van der Waals surface area contributed by atoms with Gasteiger partial charge in [-0.3, -0.25) is 9.59 Å². The number of carbonyl (C=O) groups excluding carboxylic acids is 2. The molecule has 0 bridgehead atoms. The first-order chi connectivity index (χ1) is 16.7. The van der Waals surface area contributed by atoms with Gasteiger partial charge < -0.3 is 23.8 Å². The fourth-order valence-corrected chi connectivity index (χ4v) is 4.45.